The van der Waals surface area contributed by atoms with Gasteiger partial charge in [0.1, 0.15) is 18.0 Å². The second-order valence-corrected chi connectivity index (χ2v) is 10.1. The molecule has 0 saturated heterocycles. The lowest BCUT2D eigenvalue weighted by Gasteiger charge is -2.29. The number of ether oxygens (including phenoxy) is 1. The molecule has 0 bridgehead atoms. The SMILES string of the molecule is CC(C)(COS(=O)(=O)C(F)(F)F)Oc1ccc2c(c1)CCCC2CC(=O)c1ccccc1. The molecule has 1 aliphatic rings. The van der Waals surface area contributed by atoms with Crippen LogP contribution in [0, 0.1) is 0 Å². The number of ketones is 1. The van der Waals surface area contributed by atoms with Crippen molar-refractivity contribution >= 4 is 15.9 Å². The van der Waals surface area contributed by atoms with E-state index in [1.807, 2.05) is 24.3 Å². The van der Waals surface area contributed by atoms with E-state index in [1.165, 1.54) is 13.8 Å². The molecule has 0 N–H and O–H groups in total. The van der Waals surface area contributed by atoms with Gasteiger partial charge in [-0.1, -0.05) is 36.4 Å². The second-order valence-electron chi connectivity index (χ2n) is 8.47. The van der Waals surface area contributed by atoms with Crippen molar-refractivity contribution in [3.63, 3.8) is 0 Å². The summed E-state index contributed by atoms with van der Waals surface area (Å²) in [4.78, 5) is 12.6. The Morgan fingerprint density at radius 2 is 1.78 bits per heavy atom. The van der Waals surface area contributed by atoms with Gasteiger partial charge >= 0.3 is 15.6 Å². The lowest BCUT2D eigenvalue weighted by molar-refractivity contribution is -0.0585. The molecule has 0 heterocycles. The lowest BCUT2D eigenvalue weighted by Crippen LogP contribution is -2.37. The van der Waals surface area contributed by atoms with Crippen LogP contribution < -0.4 is 4.74 Å². The molecular weight excluding hydrogens is 445 g/mol. The van der Waals surface area contributed by atoms with Crippen molar-refractivity contribution in [3.05, 3.63) is 65.2 Å². The second kappa shape index (κ2) is 9.23. The molecule has 0 amide bonds. The van der Waals surface area contributed by atoms with E-state index in [2.05, 4.69) is 4.18 Å². The zero-order valence-electron chi connectivity index (χ0n) is 17.8. The lowest BCUT2D eigenvalue weighted by atomic mass is 9.79. The molecule has 3 rings (SSSR count). The number of hydrogen-bond acceptors (Lipinski definition) is 5. The van der Waals surface area contributed by atoms with Crippen LogP contribution in [-0.4, -0.2) is 31.9 Å². The van der Waals surface area contributed by atoms with E-state index in [0.717, 1.165) is 30.4 Å². The van der Waals surface area contributed by atoms with Gasteiger partial charge in [0, 0.05) is 12.0 Å². The van der Waals surface area contributed by atoms with Crippen molar-refractivity contribution in [1.82, 2.24) is 0 Å². The first-order chi connectivity index (χ1) is 14.9. The predicted octanol–water partition coefficient (Wildman–Crippen LogP) is 5.40. The molecule has 174 valence electrons. The molecule has 5 nitrogen and oxygen atoms in total. The summed E-state index contributed by atoms with van der Waals surface area (Å²) in [6, 6.07) is 14.5. The number of Topliss-reactive ketones (excluding diaryl/α,β-unsaturated/α-hetero) is 1. The van der Waals surface area contributed by atoms with Crippen LogP contribution in [0.4, 0.5) is 13.2 Å². The summed E-state index contributed by atoms with van der Waals surface area (Å²) < 4.78 is 69.6. The Hall–Kier alpha value is -2.39. The molecule has 0 aliphatic heterocycles. The van der Waals surface area contributed by atoms with E-state index in [-0.39, 0.29) is 11.7 Å². The minimum atomic E-state index is -5.69. The van der Waals surface area contributed by atoms with Crippen LogP contribution in [0.1, 0.15) is 60.5 Å². The number of rotatable bonds is 8. The zero-order chi connectivity index (χ0) is 23.6. The molecule has 1 atom stereocenters. The maximum absolute atomic E-state index is 12.6. The molecule has 9 heteroatoms. The van der Waals surface area contributed by atoms with Crippen molar-refractivity contribution in [2.24, 2.45) is 0 Å². The van der Waals surface area contributed by atoms with E-state index in [9.17, 15) is 26.4 Å². The van der Waals surface area contributed by atoms with Crippen LogP contribution in [0.2, 0.25) is 0 Å². The highest BCUT2D eigenvalue weighted by Gasteiger charge is 2.48. The number of aryl methyl sites for hydroxylation is 1. The summed E-state index contributed by atoms with van der Waals surface area (Å²) >= 11 is 0. The molecule has 0 aromatic heterocycles. The molecule has 2 aromatic rings. The molecular formula is C23H25F3O5S. The maximum atomic E-state index is 12.6. The maximum Gasteiger partial charge on any atom is 0.523 e. The van der Waals surface area contributed by atoms with Gasteiger partial charge in [-0.05, 0) is 62.3 Å². The van der Waals surface area contributed by atoms with Crippen molar-refractivity contribution < 1.29 is 35.3 Å². The van der Waals surface area contributed by atoms with Gasteiger partial charge < -0.3 is 4.74 Å². The topological polar surface area (TPSA) is 69.7 Å². The monoisotopic (exact) mass is 470 g/mol. The average molecular weight is 471 g/mol. The van der Waals surface area contributed by atoms with E-state index in [0.29, 0.717) is 17.7 Å². The first-order valence-corrected chi connectivity index (χ1v) is 11.6. The Balaban J connectivity index is 1.69. The van der Waals surface area contributed by atoms with Crippen LogP contribution in [0.15, 0.2) is 48.5 Å². The minimum absolute atomic E-state index is 0.0768. The van der Waals surface area contributed by atoms with E-state index >= 15 is 0 Å². The third kappa shape index (κ3) is 5.89. The molecule has 0 saturated carbocycles. The summed E-state index contributed by atoms with van der Waals surface area (Å²) in [5, 5.41) is 0. The van der Waals surface area contributed by atoms with Gasteiger partial charge in [0.05, 0.1) is 0 Å². The number of carbonyl (C=O) groups excluding carboxylic acids is 1. The molecule has 32 heavy (non-hydrogen) atoms. The molecule has 0 radical (unpaired) electrons. The summed E-state index contributed by atoms with van der Waals surface area (Å²) in [6.45, 7) is 2.10. The Labute approximate surface area is 185 Å². The smallest absolute Gasteiger partial charge is 0.485 e. The van der Waals surface area contributed by atoms with Gasteiger partial charge in [-0.25, -0.2) is 0 Å². The summed E-state index contributed by atoms with van der Waals surface area (Å²) in [7, 11) is -5.69. The first-order valence-electron chi connectivity index (χ1n) is 10.2. The standard InChI is InChI=1S/C23H25F3O5S/c1-22(2,15-30-32(28,29)23(24,25)26)31-19-11-12-20-17(13-19)9-6-10-18(20)14-21(27)16-7-4-3-5-8-16/h3-5,7-8,11-13,18H,6,9-10,14-15H2,1-2H3. The van der Waals surface area contributed by atoms with Gasteiger partial charge in [-0.2, -0.15) is 21.6 Å². The Morgan fingerprint density at radius 1 is 1.09 bits per heavy atom. The van der Waals surface area contributed by atoms with Gasteiger partial charge in [-0.15, -0.1) is 0 Å². The predicted molar refractivity (Wildman–Crippen MR) is 113 cm³/mol. The van der Waals surface area contributed by atoms with Gasteiger partial charge in [0.2, 0.25) is 0 Å². The van der Waals surface area contributed by atoms with Gasteiger partial charge in [0.15, 0.2) is 5.78 Å². The summed E-state index contributed by atoms with van der Waals surface area (Å²) in [5.41, 5.74) is -4.05. The highest BCUT2D eigenvalue weighted by molar-refractivity contribution is 7.87. The fourth-order valence-corrected chi connectivity index (χ4v) is 4.34. The molecule has 1 aliphatic carbocycles. The summed E-state index contributed by atoms with van der Waals surface area (Å²) in [5.74, 6) is 0.554. The number of alkyl halides is 3. The number of halogens is 3. The van der Waals surface area contributed by atoms with Crippen molar-refractivity contribution in [2.45, 2.75) is 56.6 Å². The third-order valence-electron chi connectivity index (χ3n) is 5.32. The van der Waals surface area contributed by atoms with E-state index in [1.54, 1.807) is 24.3 Å². The van der Waals surface area contributed by atoms with Crippen LogP contribution in [0.3, 0.4) is 0 Å². The highest BCUT2D eigenvalue weighted by Crippen LogP contribution is 2.37. The number of fused-ring (bicyclic) bond motifs is 1. The molecule has 2 aromatic carbocycles. The fraction of sp³-hybridized carbons (Fsp3) is 0.435. The Morgan fingerprint density at radius 3 is 2.44 bits per heavy atom. The molecule has 1 unspecified atom stereocenters. The first kappa shape index (κ1) is 24.3. The average Bonchev–Trinajstić information content (AvgIpc) is 2.72. The zero-order valence-corrected chi connectivity index (χ0v) is 18.6. The Kier molecular flexibility index (Phi) is 7.00. The van der Waals surface area contributed by atoms with E-state index < -0.39 is 27.8 Å². The van der Waals surface area contributed by atoms with Crippen LogP contribution >= 0.6 is 0 Å². The summed E-state index contributed by atoms with van der Waals surface area (Å²) in [6.07, 6.45) is 2.98. The number of benzene rings is 2. The van der Waals surface area contributed by atoms with Gasteiger partial charge in [0.25, 0.3) is 0 Å². The highest BCUT2D eigenvalue weighted by atomic mass is 32.2. The van der Waals surface area contributed by atoms with Gasteiger partial charge in [-0.3, -0.25) is 8.98 Å². The van der Waals surface area contributed by atoms with E-state index in [4.69, 9.17) is 4.74 Å². The van der Waals surface area contributed by atoms with Crippen LogP contribution in [-0.2, 0) is 20.7 Å². The van der Waals surface area contributed by atoms with Crippen LogP contribution in [0.5, 0.6) is 5.75 Å². The number of hydrogen-bond donors (Lipinski definition) is 0. The van der Waals surface area contributed by atoms with Crippen LogP contribution in [0.25, 0.3) is 0 Å². The molecule has 0 spiro atoms. The normalized spacial score (nSPS) is 17.0. The largest absolute Gasteiger partial charge is 0.523 e. The van der Waals surface area contributed by atoms with Crippen molar-refractivity contribution in [3.8, 4) is 5.75 Å². The fourth-order valence-electron chi connectivity index (χ4n) is 3.77. The van der Waals surface area contributed by atoms with Crippen molar-refractivity contribution in [2.75, 3.05) is 6.61 Å². The minimum Gasteiger partial charge on any atom is -0.485 e. The third-order valence-corrected chi connectivity index (χ3v) is 6.31. The Bertz CT molecular complexity index is 1060. The quantitative estimate of drug-likeness (QED) is 0.293. The number of carbonyl (C=O) groups is 1. The molecule has 0 fully saturated rings. The van der Waals surface area contributed by atoms with Crippen molar-refractivity contribution in [1.29, 1.82) is 0 Å².